The predicted molar refractivity (Wildman–Crippen MR) is 146 cm³/mol. The number of aromatic nitrogens is 1. The SMILES string of the molecule is C=Nc1c(C#CC(C)(C)CCC)ncc(CCC2CCCNC2)c1N(CC)CC(NC)C(=N)N. The van der Waals surface area contributed by atoms with Gasteiger partial charge in [0, 0.05) is 24.7 Å². The van der Waals surface area contributed by atoms with Crippen LogP contribution in [-0.2, 0) is 6.42 Å². The molecule has 0 saturated carbocycles. The Labute approximate surface area is 206 Å². The van der Waals surface area contributed by atoms with Crippen LogP contribution in [0.15, 0.2) is 11.2 Å². The summed E-state index contributed by atoms with van der Waals surface area (Å²) in [5.74, 6) is 7.53. The van der Waals surface area contributed by atoms with Gasteiger partial charge in [-0.15, -0.1) is 0 Å². The molecule has 1 aliphatic heterocycles. The summed E-state index contributed by atoms with van der Waals surface area (Å²) in [5, 5.41) is 14.7. The topological polar surface area (TPSA) is 102 Å². The fourth-order valence-electron chi connectivity index (χ4n) is 4.70. The zero-order valence-corrected chi connectivity index (χ0v) is 21.9. The average Bonchev–Trinajstić information content (AvgIpc) is 2.82. The molecule has 2 rings (SSSR count). The lowest BCUT2D eigenvalue weighted by Crippen LogP contribution is -2.47. The van der Waals surface area contributed by atoms with Gasteiger partial charge in [0.25, 0.3) is 0 Å². The van der Waals surface area contributed by atoms with Crippen LogP contribution in [0.1, 0.15) is 71.1 Å². The normalized spacial score (nSPS) is 16.9. The van der Waals surface area contributed by atoms with Gasteiger partial charge in [-0.3, -0.25) is 10.4 Å². The second-order valence-electron chi connectivity index (χ2n) is 9.96. The van der Waals surface area contributed by atoms with Crippen molar-refractivity contribution in [3.63, 3.8) is 0 Å². The van der Waals surface area contributed by atoms with Crippen molar-refractivity contribution in [1.29, 1.82) is 5.41 Å². The number of pyridine rings is 1. The lowest BCUT2D eigenvalue weighted by molar-refractivity contribution is 0.358. The van der Waals surface area contributed by atoms with Crippen molar-refractivity contribution in [2.75, 3.05) is 38.1 Å². The van der Waals surface area contributed by atoms with E-state index in [1.54, 1.807) is 0 Å². The van der Waals surface area contributed by atoms with E-state index in [-0.39, 0.29) is 17.3 Å². The minimum atomic E-state index is -0.251. The third-order valence-corrected chi connectivity index (χ3v) is 6.70. The summed E-state index contributed by atoms with van der Waals surface area (Å²) in [6.45, 7) is 16.1. The van der Waals surface area contributed by atoms with Gasteiger partial charge in [-0.2, -0.15) is 0 Å². The van der Waals surface area contributed by atoms with Crippen LogP contribution >= 0.6 is 0 Å². The first-order valence-electron chi connectivity index (χ1n) is 12.7. The van der Waals surface area contributed by atoms with E-state index in [1.165, 1.54) is 12.8 Å². The van der Waals surface area contributed by atoms with Gasteiger partial charge in [0.2, 0.25) is 0 Å². The molecule has 2 heterocycles. The average molecular weight is 468 g/mol. The number of hydrogen-bond donors (Lipinski definition) is 4. The molecule has 7 nitrogen and oxygen atoms in total. The van der Waals surface area contributed by atoms with E-state index in [9.17, 15) is 0 Å². The van der Waals surface area contributed by atoms with Gasteiger partial charge in [-0.25, -0.2) is 4.98 Å². The van der Waals surface area contributed by atoms with Crippen molar-refractivity contribution in [3.05, 3.63) is 17.5 Å². The number of hydrogen-bond acceptors (Lipinski definition) is 6. The van der Waals surface area contributed by atoms with Gasteiger partial charge in [0.1, 0.15) is 17.2 Å². The van der Waals surface area contributed by atoms with Crippen molar-refractivity contribution < 1.29 is 0 Å². The maximum Gasteiger partial charge on any atom is 0.140 e. The number of aryl methyl sites for hydroxylation is 1. The number of aliphatic imine (C=N–C) groups is 1. The highest BCUT2D eigenvalue weighted by atomic mass is 15.2. The summed E-state index contributed by atoms with van der Waals surface area (Å²) in [6.07, 6.45) is 8.62. The molecular formula is C27H45N7. The zero-order valence-electron chi connectivity index (χ0n) is 21.9. The summed E-state index contributed by atoms with van der Waals surface area (Å²) in [7, 11) is 1.84. The number of rotatable bonds is 12. The minimum absolute atomic E-state index is 0.0853. The Bertz CT molecular complexity index is 875. The lowest BCUT2D eigenvalue weighted by atomic mass is 9.89. The first kappa shape index (κ1) is 27.8. The Morgan fingerprint density at radius 3 is 2.79 bits per heavy atom. The highest BCUT2D eigenvalue weighted by Gasteiger charge is 2.23. The minimum Gasteiger partial charge on any atom is -0.386 e. The summed E-state index contributed by atoms with van der Waals surface area (Å²) < 4.78 is 0. The monoisotopic (exact) mass is 467 g/mol. The summed E-state index contributed by atoms with van der Waals surface area (Å²) in [4.78, 5) is 11.4. The van der Waals surface area contributed by atoms with E-state index < -0.39 is 0 Å². The third kappa shape index (κ3) is 7.82. The van der Waals surface area contributed by atoms with Crippen molar-refractivity contribution in [1.82, 2.24) is 15.6 Å². The van der Waals surface area contributed by atoms with E-state index >= 15 is 0 Å². The predicted octanol–water partition coefficient (Wildman–Crippen LogP) is 3.87. The number of piperidine rings is 1. The van der Waals surface area contributed by atoms with Crippen LogP contribution in [0.5, 0.6) is 0 Å². The molecule has 34 heavy (non-hydrogen) atoms. The van der Waals surface area contributed by atoms with Crippen LogP contribution in [0.4, 0.5) is 11.4 Å². The van der Waals surface area contributed by atoms with Crippen LogP contribution < -0.4 is 21.3 Å². The summed E-state index contributed by atoms with van der Waals surface area (Å²) in [5.41, 5.74) is 9.36. The maximum absolute atomic E-state index is 7.98. The molecule has 0 bridgehead atoms. The van der Waals surface area contributed by atoms with Gasteiger partial charge < -0.3 is 21.3 Å². The zero-order chi connectivity index (χ0) is 25.1. The van der Waals surface area contributed by atoms with Gasteiger partial charge in [-0.1, -0.05) is 19.3 Å². The van der Waals surface area contributed by atoms with Gasteiger partial charge >= 0.3 is 0 Å². The van der Waals surface area contributed by atoms with Gasteiger partial charge in [0.15, 0.2) is 0 Å². The van der Waals surface area contributed by atoms with Crippen molar-refractivity contribution in [2.45, 2.75) is 72.3 Å². The van der Waals surface area contributed by atoms with E-state index in [1.807, 2.05) is 13.2 Å². The highest BCUT2D eigenvalue weighted by Crippen LogP contribution is 2.36. The molecule has 0 radical (unpaired) electrons. The van der Waals surface area contributed by atoms with Gasteiger partial charge in [-0.05, 0) is 97.1 Å². The molecule has 1 saturated heterocycles. The van der Waals surface area contributed by atoms with Crippen LogP contribution in [0, 0.1) is 28.6 Å². The van der Waals surface area contributed by atoms with Crippen LogP contribution in [-0.4, -0.2) is 56.8 Å². The molecule has 0 spiro atoms. The summed E-state index contributed by atoms with van der Waals surface area (Å²) >= 11 is 0. The second kappa shape index (κ2) is 13.5. The summed E-state index contributed by atoms with van der Waals surface area (Å²) in [6, 6.07) is -0.251. The Balaban J connectivity index is 2.50. The standard InChI is InChI=1S/C27H45N7/c1-7-14-27(3,4)15-13-22-24(31-6)25(34(8-2)19-23(30-5)26(28)29)21(18-33-22)12-11-20-10-9-16-32-17-20/h18,20,23,30,32H,6-12,14,16-17,19H2,1-5H3,(H3,28,29). The molecule has 1 aromatic heterocycles. The number of nitrogens with one attached hydrogen (secondary N) is 3. The van der Waals surface area contributed by atoms with Crippen molar-refractivity contribution in [2.24, 2.45) is 22.1 Å². The van der Waals surface area contributed by atoms with Crippen LogP contribution in [0.2, 0.25) is 0 Å². The number of nitrogens with zero attached hydrogens (tertiary/aromatic N) is 3. The van der Waals surface area contributed by atoms with E-state index in [0.29, 0.717) is 18.2 Å². The first-order valence-corrected chi connectivity index (χ1v) is 12.7. The molecule has 1 aromatic rings. The molecule has 1 fully saturated rings. The first-order chi connectivity index (χ1) is 16.3. The molecule has 0 aliphatic carbocycles. The Kier molecular flexibility index (Phi) is 11.0. The van der Waals surface area contributed by atoms with Gasteiger partial charge in [0.05, 0.1) is 11.7 Å². The smallest absolute Gasteiger partial charge is 0.140 e. The molecule has 2 atom stereocenters. The Morgan fingerprint density at radius 1 is 1.47 bits per heavy atom. The molecular weight excluding hydrogens is 422 g/mol. The van der Waals surface area contributed by atoms with Crippen molar-refractivity contribution in [3.8, 4) is 11.8 Å². The molecule has 0 amide bonds. The lowest BCUT2D eigenvalue weighted by Gasteiger charge is -2.31. The van der Waals surface area contributed by atoms with E-state index in [2.05, 4.69) is 66.8 Å². The molecule has 188 valence electrons. The van der Waals surface area contributed by atoms with E-state index in [4.69, 9.17) is 16.1 Å². The number of nitrogens with two attached hydrogens (primary N) is 1. The van der Waals surface area contributed by atoms with E-state index in [0.717, 1.165) is 62.3 Å². The number of amidine groups is 1. The fourth-order valence-corrected chi connectivity index (χ4v) is 4.70. The third-order valence-electron chi connectivity index (χ3n) is 6.70. The second-order valence-corrected chi connectivity index (χ2v) is 9.96. The maximum atomic E-state index is 7.98. The largest absolute Gasteiger partial charge is 0.386 e. The highest BCUT2D eigenvalue weighted by molar-refractivity contribution is 5.84. The molecule has 0 aromatic carbocycles. The molecule has 5 N–H and O–H groups in total. The van der Waals surface area contributed by atoms with Crippen LogP contribution in [0.3, 0.4) is 0 Å². The molecule has 7 heteroatoms. The van der Waals surface area contributed by atoms with Crippen molar-refractivity contribution >= 4 is 23.9 Å². The fraction of sp³-hybridized carbons (Fsp3) is 0.667. The molecule has 2 unspecified atom stereocenters. The Morgan fingerprint density at radius 2 is 2.24 bits per heavy atom. The number of anilines is 1. The number of likely N-dealkylation sites (N-methyl/N-ethyl adjacent to an activating group) is 2. The van der Waals surface area contributed by atoms with Crippen LogP contribution in [0.25, 0.3) is 0 Å². The Hall–Kier alpha value is -2.43. The molecule has 1 aliphatic rings. The quantitative estimate of drug-likeness (QED) is 0.212.